The summed E-state index contributed by atoms with van der Waals surface area (Å²) in [5.41, 5.74) is 0.798. The Labute approximate surface area is 111 Å². The van der Waals surface area contributed by atoms with Crippen molar-refractivity contribution in [2.75, 3.05) is 38.2 Å². The minimum Gasteiger partial charge on any atom is -0.495 e. The summed E-state index contributed by atoms with van der Waals surface area (Å²) in [6, 6.07) is 7.19. The summed E-state index contributed by atoms with van der Waals surface area (Å²) in [6.45, 7) is 3.67. The first-order valence-corrected chi connectivity index (χ1v) is 6.45. The summed E-state index contributed by atoms with van der Waals surface area (Å²) >= 11 is 0. The fourth-order valence-corrected chi connectivity index (χ4v) is 2.48. The minimum absolute atomic E-state index is 0.0289. The molecule has 1 aliphatic heterocycles. The van der Waals surface area contributed by atoms with E-state index in [1.165, 1.54) is 0 Å². The second-order valence-electron chi connectivity index (χ2n) is 4.64. The second-order valence-corrected chi connectivity index (χ2v) is 4.64. The van der Waals surface area contributed by atoms with Gasteiger partial charge in [-0.05, 0) is 12.1 Å². The Hall–Kier alpha value is -2.01. The number of ether oxygens (including phenoxy) is 1. The first-order chi connectivity index (χ1) is 9.29. The molecule has 0 unspecified atom stereocenters. The number of rotatable bonds is 2. The van der Waals surface area contributed by atoms with Crippen molar-refractivity contribution < 1.29 is 4.74 Å². The molecular formula is C14H17N3O2. The van der Waals surface area contributed by atoms with Gasteiger partial charge in [0.1, 0.15) is 11.6 Å². The Kier molecular flexibility index (Phi) is 3.13. The number of hydrogen-bond donors (Lipinski definition) is 2. The largest absolute Gasteiger partial charge is 0.495 e. The summed E-state index contributed by atoms with van der Waals surface area (Å²) in [5.74, 6) is 1.56. The molecule has 100 valence electrons. The van der Waals surface area contributed by atoms with Gasteiger partial charge in [-0.1, -0.05) is 6.07 Å². The molecular weight excluding hydrogens is 242 g/mol. The van der Waals surface area contributed by atoms with E-state index in [4.69, 9.17) is 4.74 Å². The van der Waals surface area contributed by atoms with Crippen molar-refractivity contribution in [3.63, 3.8) is 0 Å². The van der Waals surface area contributed by atoms with Gasteiger partial charge in [-0.25, -0.2) is 0 Å². The number of methoxy groups -OCH3 is 1. The Morgan fingerprint density at radius 2 is 2.05 bits per heavy atom. The lowest BCUT2D eigenvalue weighted by Crippen LogP contribution is -2.44. The van der Waals surface area contributed by atoms with E-state index in [1.807, 2.05) is 18.2 Å². The Balaban J connectivity index is 2.14. The minimum atomic E-state index is 0.0289. The van der Waals surface area contributed by atoms with Crippen LogP contribution in [0.25, 0.3) is 10.9 Å². The normalized spacial score (nSPS) is 15.7. The number of benzene rings is 1. The summed E-state index contributed by atoms with van der Waals surface area (Å²) < 4.78 is 5.32. The molecule has 19 heavy (non-hydrogen) atoms. The van der Waals surface area contributed by atoms with Gasteiger partial charge in [-0.3, -0.25) is 4.79 Å². The Morgan fingerprint density at radius 3 is 2.79 bits per heavy atom. The topological polar surface area (TPSA) is 57.4 Å². The molecule has 5 heteroatoms. The van der Waals surface area contributed by atoms with Crippen LogP contribution in [-0.4, -0.2) is 38.3 Å². The SMILES string of the molecule is COc1cccc2c(=O)cc(N3CCNCC3)[nH]c12. The predicted molar refractivity (Wildman–Crippen MR) is 76.2 cm³/mol. The molecule has 1 aromatic carbocycles. The van der Waals surface area contributed by atoms with Gasteiger partial charge in [0.2, 0.25) is 0 Å². The molecule has 2 heterocycles. The van der Waals surface area contributed by atoms with Crippen LogP contribution in [0.2, 0.25) is 0 Å². The predicted octanol–water partition coefficient (Wildman–Crippen LogP) is 0.946. The highest BCUT2D eigenvalue weighted by atomic mass is 16.5. The highest BCUT2D eigenvalue weighted by Crippen LogP contribution is 2.23. The molecule has 3 rings (SSSR count). The number of aromatic amines is 1. The third-order valence-electron chi connectivity index (χ3n) is 3.49. The van der Waals surface area contributed by atoms with Gasteiger partial charge < -0.3 is 19.9 Å². The van der Waals surface area contributed by atoms with Crippen LogP contribution in [0.5, 0.6) is 5.75 Å². The molecule has 5 nitrogen and oxygen atoms in total. The lowest BCUT2D eigenvalue weighted by molar-refractivity contribution is 0.419. The Bertz CT molecular complexity index is 645. The van der Waals surface area contributed by atoms with Crippen LogP contribution in [0.4, 0.5) is 5.82 Å². The van der Waals surface area contributed by atoms with Crippen LogP contribution in [0.3, 0.4) is 0 Å². The van der Waals surface area contributed by atoms with E-state index in [0.717, 1.165) is 37.5 Å². The molecule has 0 spiro atoms. The van der Waals surface area contributed by atoms with Crippen molar-refractivity contribution in [3.05, 3.63) is 34.5 Å². The van der Waals surface area contributed by atoms with Crippen molar-refractivity contribution in [2.24, 2.45) is 0 Å². The smallest absolute Gasteiger partial charge is 0.191 e. The standard InChI is InChI=1S/C14H17N3O2/c1-19-12-4-2-3-10-11(18)9-13(16-14(10)12)17-7-5-15-6-8-17/h2-4,9,15H,5-8H2,1H3,(H,16,18). The van der Waals surface area contributed by atoms with Gasteiger partial charge in [0.15, 0.2) is 5.43 Å². The van der Waals surface area contributed by atoms with Crippen LogP contribution in [0.1, 0.15) is 0 Å². The summed E-state index contributed by atoms with van der Waals surface area (Å²) in [6.07, 6.45) is 0. The second kappa shape index (κ2) is 4.93. The van der Waals surface area contributed by atoms with Crippen LogP contribution in [-0.2, 0) is 0 Å². The zero-order valence-corrected chi connectivity index (χ0v) is 10.9. The Morgan fingerprint density at radius 1 is 1.26 bits per heavy atom. The maximum Gasteiger partial charge on any atom is 0.191 e. The summed E-state index contributed by atoms with van der Waals surface area (Å²) in [4.78, 5) is 17.7. The molecule has 2 aromatic rings. The monoisotopic (exact) mass is 259 g/mol. The average molecular weight is 259 g/mol. The van der Waals surface area contributed by atoms with Crippen LogP contribution in [0, 0.1) is 0 Å². The molecule has 0 radical (unpaired) electrons. The van der Waals surface area contributed by atoms with Crippen LogP contribution in [0.15, 0.2) is 29.1 Å². The zero-order chi connectivity index (χ0) is 13.2. The highest BCUT2D eigenvalue weighted by molar-refractivity contribution is 5.85. The fraction of sp³-hybridized carbons (Fsp3) is 0.357. The molecule has 2 N–H and O–H groups in total. The number of H-pyrrole nitrogens is 1. The molecule has 0 amide bonds. The third-order valence-corrected chi connectivity index (χ3v) is 3.49. The van der Waals surface area contributed by atoms with Crippen LogP contribution < -0.4 is 20.4 Å². The van der Waals surface area contributed by atoms with Crippen molar-refractivity contribution in [1.82, 2.24) is 10.3 Å². The number of nitrogens with one attached hydrogen (secondary N) is 2. The number of pyridine rings is 1. The van der Waals surface area contributed by atoms with E-state index in [-0.39, 0.29) is 5.43 Å². The lowest BCUT2D eigenvalue weighted by atomic mass is 10.2. The lowest BCUT2D eigenvalue weighted by Gasteiger charge is -2.29. The van der Waals surface area contributed by atoms with E-state index in [2.05, 4.69) is 15.2 Å². The van der Waals surface area contributed by atoms with Gasteiger partial charge in [-0.15, -0.1) is 0 Å². The number of para-hydroxylation sites is 1. The number of piperazine rings is 1. The van der Waals surface area contributed by atoms with E-state index in [0.29, 0.717) is 11.1 Å². The average Bonchev–Trinajstić information content (AvgIpc) is 2.47. The maximum absolute atomic E-state index is 12.2. The van der Waals surface area contributed by atoms with E-state index >= 15 is 0 Å². The maximum atomic E-state index is 12.2. The quantitative estimate of drug-likeness (QED) is 0.843. The molecule has 0 saturated carbocycles. The number of anilines is 1. The molecule has 1 aromatic heterocycles. The van der Waals surface area contributed by atoms with Crippen LogP contribution >= 0.6 is 0 Å². The van der Waals surface area contributed by atoms with E-state index in [9.17, 15) is 4.79 Å². The molecule has 1 fully saturated rings. The van der Waals surface area contributed by atoms with Gasteiger partial charge in [-0.2, -0.15) is 0 Å². The summed E-state index contributed by atoms with van der Waals surface area (Å²) in [7, 11) is 1.62. The number of nitrogens with zero attached hydrogens (tertiary/aromatic N) is 1. The van der Waals surface area contributed by atoms with Gasteiger partial charge in [0.25, 0.3) is 0 Å². The molecule has 1 saturated heterocycles. The zero-order valence-electron chi connectivity index (χ0n) is 10.9. The molecule has 0 atom stereocenters. The number of fused-ring (bicyclic) bond motifs is 1. The molecule has 0 aliphatic carbocycles. The van der Waals surface area contributed by atoms with Crippen molar-refractivity contribution in [2.45, 2.75) is 0 Å². The fourth-order valence-electron chi connectivity index (χ4n) is 2.48. The summed E-state index contributed by atoms with van der Waals surface area (Å²) in [5, 5.41) is 3.97. The van der Waals surface area contributed by atoms with E-state index in [1.54, 1.807) is 13.2 Å². The third kappa shape index (κ3) is 2.17. The van der Waals surface area contributed by atoms with Gasteiger partial charge in [0, 0.05) is 37.6 Å². The first-order valence-electron chi connectivity index (χ1n) is 6.45. The van der Waals surface area contributed by atoms with E-state index < -0.39 is 0 Å². The van der Waals surface area contributed by atoms with Gasteiger partial charge >= 0.3 is 0 Å². The van der Waals surface area contributed by atoms with Gasteiger partial charge in [0.05, 0.1) is 12.6 Å². The number of aromatic nitrogens is 1. The molecule has 1 aliphatic rings. The molecule has 0 bridgehead atoms. The highest BCUT2D eigenvalue weighted by Gasteiger charge is 2.14. The van der Waals surface area contributed by atoms with Crippen molar-refractivity contribution >= 4 is 16.7 Å². The number of hydrogen-bond acceptors (Lipinski definition) is 4. The first kappa shape index (κ1) is 12.0. The van der Waals surface area contributed by atoms with Crippen molar-refractivity contribution in [3.8, 4) is 5.75 Å². The van der Waals surface area contributed by atoms with Crippen molar-refractivity contribution in [1.29, 1.82) is 0 Å².